The normalized spacial score (nSPS) is 16.0. The van der Waals surface area contributed by atoms with Crippen molar-refractivity contribution in [2.24, 2.45) is 5.10 Å². The molecule has 7 heteroatoms. The van der Waals surface area contributed by atoms with Gasteiger partial charge in [0, 0.05) is 18.7 Å². The minimum absolute atomic E-state index is 0.140. The van der Waals surface area contributed by atoms with E-state index in [4.69, 9.17) is 0 Å². The summed E-state index contributed by atoms with van der Waals surface area (Å²) in [5.74, 6) is -0.442. The first-order chi connectivity index (χ1) is 13.4. The highest BCUT2D eigenvalue weighted by Gasteiger charge is 2.26. The lowest BCUT2D eigenvalue weighted by Crippen LogP contribution is -2.35. The Morgan fingerprint density at radius 1 is 1.00 bits per heavy atom. The minimum atomic E-state index is -3.58. The highest BCUT2D eigenvalue weighted by molar-refractivity contribution is 7.89. The Balaban J connectivity index is 1.75. The van der Waals surface area contributed by atoms with Crippen LogP contribution in [0.2, 0.25) is 0 Å². The molecule has 0 atom stereocenters. The Kier molecular flexibility index (Phi) is 6.26. The first-order valence-electron chi connectivity index (χ1n) is 9.40. The molecule has 0 radical (unpaired) electrons. The van der Waals surface area contributed by atoms with Crippen molar-refractivity contribution in [3.63, 3.8) is 0 Å². The number of benzene rings is 2. The number of hydrogen-bond donors (Lipinski definition) is 1. The van der Waals surface area contributed by atoms with Crippen molar-refractivity contribution in [1.82, 2.24) is 9.73 Å². The molecule has 2 aromatic rings. The molecule has 1 aliphatic rings. The summed E-state index contributed by atoms with van der Waals surface area (Å²) in [7, 11) is -3.58. The lowest BCUT2D eigenvalue weighted by molar-refractivity contribution is 0.0954. The van der Waals surface area contributed by atoms with Crippen molar-refractivity contribution in [2.45, 2.75) is 38.0 Å². The first kappa shape index (κ1) is 20.2. The lowest BCUT2D eigenvalue weighted by atomic mass is 10.1. The van der Waals surface area contributed by atoms with Crippen LogP contribution in [0, 0.1) is 6.92 Å². The molecule has 1 saturated heterocycles. The number of rotatable bonds is 5. The molecular formula is C21H25N3O3S. The van der Waals surface area contributed by atoms with Crippen LogP contribution in [0.5, 0.6) is 0 Å². The number of sulfonamides is 1. The summed E-state index contributed by atoms with van der Waals surface area (Å²) in [4.78, 5) is 12.6. The molecule has 6 nitrogen and oxygen atoms in total. The van der Waals surface area contributed by atoms with Crippen molar-refractivity contribution in [3.8, 4) is 0 Å². The summed E-state index contributed by atoms with van der Waals surface area (Å²) in [6.45, 7) is 4.86. The maximum atomic E-state index is 12.8. The number of carbonyl (C=O) groups is 1. The molecule has 2 aromatic carbocycles. The number of piperidine rings is 1. The molecule has 1 amide bonds. The topological polar surface area (TPSA) is 78.8 Å². The van der Waals surface area contributed by atoms with E-state index >= 15 is 0 Å². The average Bonchev–Trinajstić information content (AvgIpc) is 2.73. The van der Waals surface area contributed by atoms with Gasteiger partial charge < -0.3 is 0 Å². The molecule has 1 heterocycles. The van der Waals surface area contributed by atoms with Gasteiger partial charge in [0.15, 0.2) is 0 Å². The number of nitrogens with zero attached hydrogens (tertiary/aromatic N) is 2. The average molecular weight is 400 g/mol. The van der Waals surface area contributed by atoms with Crippen molar-refractivity contribution in [1.29, 1.82) is 0 Å². The molecule has 0 saturated carbocycles. The minimum Gasteiger partial charge on any atom is -0.267 e. The van der Waals surface area contributed by atoms with Gasteiger partial charge in [-0.2, -0.15) is 9.41 Å². The van der Waals surface area contributed by atoms with Crippen molar-refractivity contribution >= 4 is 21.6 Å². The van der Waals surface area contributed by atoms with Gasteiger partial charge in [-0.3, -0.25) is 4.79 Å². The highest BCUT2D eigenvalue weighted by Crippen LogP contribution is 2.21. The Morgan fingerprint density at radius 2 is 1.68 bits per heavy atom. The predicted octanol–water partition coefficient (Wildman–Crippen LogP) is 3.32. The zero-order chi connectivity index (χ0) is 20.1. The number of hydrogen-bond acceptors (Lipinski definition) is 4. The third-order valence-corrected chi connectivity index (χ3v) is 6.74. The Morgan fingerprint density at radius 3 is 2.36 bits per heavy atom. The summed E-state index contributed by atoms with van der Waals surface area (Å²) in [6, 6.07) is 13.9. The summed E-state index contributed by atoms with van der Waals surface area (Å²) in [5.41, 5.74) is 5.50. The Hall–Kier alpha value is -2.51. The van der Waals surface area contributed by atoms with Crippen molar-refractivity contribution in [2.75, 3.05) is 13.1 Å². The monoisotopic (exact) mass is 399 g/mol. The zero-order valence-corrected chi connectivity index (χ0v) is 17.0. The van der Waals surface area contributed by atoms with Crippen molar-refractivity contribution < 1.29 is 13.2 Å². The molecule has 3 rings (SSSR count). The second-order valence-corrected chi connectivity index (χ2v) is 8.93. The second-order valence-electron chi connectivity index (χ2n) is 7.00. The van der Waals surface area contributed by atoms with E-state index in [9.17, 15) is 13.2 Å². The highest BCUT2D eigenvalue weighted by atomic mass is 32.2. The number of aryl methyl sites for hydroxylation is 1. The van der Waals surface area contributed by atoms with Gasteiger partial charge in [0.2, 0.25) is 10.0 Å². The van der Waals surface area contributed by atoms with E-state index in [2.05, 4.69) is 10.5 Å². The number of carbonyl (C=O) groups excluding carboxylic acids is 1. The quantitative estimate of drug-likeness (QED) is 0.619. The van der Waals surface area contributed by atoms with E-state index < -0.39 is 15.9 Å². The largest absolute Gasteiger partial charge is 0.271 e. The van der Waals surface area contributed by atoms with Gasteiger partial charge in [-0.15, -0.1) is 0 Å². The van der Waals surface area contributed by atoms with E-state index in [1.807, 2.05) is 38.1 Å². The predicted molar refractivity (Wildman–Crippen MR) is 110 cm³/mol. The summed E-state index contributed by atoms with van der Waals surface area (Å²) >= 11 is 0. The van der Waals surface area contributed by atoms with Gasteiger partial charge in [-0.25, -0.2) is 13.8 Å². The molecule has 1 N–H and O–H groups in total. The van der Waals surface area contributed by atoms with Crippen LogP contribution in [-0.4, -0.2) is 37.4 Å². The van der Waals surface area contributed by atoms with Crippen LogP contribution in [-0.2, 0) is 10.0 Å². The molecule has 148 valence electrons. The molecule has 0 aliphatic carbocycles. The number of hydrazone groups is 1. The third kappa shape index (κ3) is 4.66. The van der Waals surface area contributed by atoms with E-state index in [0.29, 0.717) is 18.8 Å². The molecular weight excluding hydrogens is 374 g/mol. The number of nitrogens with one attached hydrogen (secondary N) is 1. The van der Waals surface area contributed by atoms with Gasteiger partial charge >= 0.3 is 0 Å². The molecule has 0 aromatic heterocycles. The van der Waals surface area contributed by atoms with E-state index in [0.717, 1.165) is 30.4 Å². The molecule has 1 fully saturated rings. The van der Waals surface area contributed by atoms with Gasteiger partial charge in [0.05, 0.1) is 10.6 Å². The van der Waals surface area contributed by atoms with E-state index in [1.54, 1.807) is 12.1 Å². The van der Waals surface area contributed by atoms with Crippen molar-refractivity contribution in [3.05, 3.63) is 65.2 Å². The molecule has 0 spiro atoms. The SMILES string of the molecule is C/C(=N/NC(=O)c1cccc(S(=O)(=O)N2CCCCC2)c1)c1ccc(C)cc1. The molecule has 0 bridgehead atoms. The van der Waals surface area contributed by atoms with Gasteiger partial charge in [-0.1, -0.05) is 42.3 Å². The Bertz CT molecular complexity index is 976. The van der Waals surface area contributed by atoms with Crippen LogP contribution >= 0.6 is 0 Å². The number of amides is 1. The van der Waals surface area contributed by atoms with E-state index in [1.165, 1.54) is 16.4 Å². The summed E-state index contributed by atoms with van der Waals surface area (Å²) in [5, 5.41) is 4.14. The fraction of sp³-hybridized carbons (Fsp3) is 0.333. The Labute approximate surface area is 166 Å². The second kappa shape index (κ2) is 8.67. The fourth-order valence-corrected chi connectivity index (χ4v) is 4.67. The van der Waals surface area contributed by atoms with Crippen LogP contribution in [0.1, 0.15) is 47.7 Å². The fourth-order valence-electron chi connectivity index (χ4n) is 3.11. The van der Waals surface area contributed by atoms with Crippen LogP contribution in [0.3, 0.4) is 0 Å². The maximum Gasteiger partial charge on any atom is 0.271 e. The van der Waals surface area contributed by atoms with Gasteiger partial charge in [0.25, 0.3) is 5.91 Å². The van der Waals surface area contributed by atoms with Crippen LogP contribution < -0.4 is 5.43 Å². The van der Waals surface area contributed by atoms with Crippen LogP contribution in [0.15, 0.2) is 58.5 Å². The third-order valence-electron chi connectivity index (χ3n) is 4.84. The first-order valence-corrected chi connectivity index (χ1v) is 10.8. The molecule has 28 heavy (non-hydrogen) atoms. The summed E-state index contributed by atoms with van der Waals surface area (Å²) in [6.07, 6.45) is 2.78. The van der Waals surface area contributed by atoms with Crippen LogP contribution in [0.4, 0.5) is 0 Å². The maximum absolute atomic E-state index is 12.8. The van der Waals surface area contributed by atoms with Crippen LogP contribution in [0.25, 0.3) is 0 Å². The lowest BCUT2D eigenvalue weighted by Gasteiger charge is -2.25. The molecule has 0 unspecified atom stereocenters. The summed E-state index contributed by atoms with van der Waals surface area (Å²) < 4.78 is 27.1. The molecule has 1 aliphatic heterocycles. The smallest absolute Gasteiger partial charge is 0.267 e. The van der Waals surface area contributed by atoms with E-state index in [-0.39, 0.29) is 10.5 Å². The van der Waals surface area contributed by atoms with Gasteiger partial charge in [0.1, 0.15) is 0 Å². The standard InChI is InChI=1S/C21H25N3O3S/c1-16-9-11-18(12-10-16)17(2)22-23-21(25)19-7-6-8-20(15-19)28(26,27)24-13-4-3-5-14-24/h6-12,15H,3-5,13-14H2,1-2H3,(H,23,25)/b22-17-. The zero-order valence-electron chi connectivity index (χ0n) is 16.2. The van der Waals surface area contributed by atoms with Gasteiger partial charge in [-0.05, 0) is 50.5 Å².